The molecule has 2 unspecified atom stereocenters. The molecule has 1 aliphatic rings. The normalized spacial score (nSPS) is 18.0. The van der Waals surface area contributed by atoms with Gasteiger partial charge < -0.3 is 0 Å². The van der Waals surface area contributed by atoms with Gasteiger partial charge in [0.25, 0.3) is 0 Å². The first-order chi connectivity index (χ1) is 13.7. The average Bonchev–Trinajstić information content (AvgIpc) is 2.70. The molecular weight excluding hydrogens is 347 g/mol. The Morgan fingerprint density at radius 3 is 2.21 bits per heavy atom. The van der Waals surface area contributed by atoms with Crippen molar-refractivity contribution >= 4 is 0 Å². The molecule has 0 aliphatic heterocycles. The molecule has 150 valence electrons. The van der Waals surface area contributed by atoms with Gasteiger partial charge in [-0.3, -0.25) is 4.90 Å². The lowest BCUT2D eigenvalue weighted by atomic mass is 9.78. The molecule has 1 aliphatic carbocycles. The summed E-state index contributed by atoms with van der Waals surface area (Å²) >= 11 is 0. The van der Waals surface area contributed by atoms with E-state index in [0.717, 1.165) is 38.9 Å². The van der Waals surface area contributed by atoms with Crippen molar-refractivity contribution in [3.8, 4) is 6.07 Å². The second-order valence-electron chi connectivity index (χ2n) is 7.53. The standard InChI is InChI=1S/C23H30FN.C2H3N/c1-2-16-25(18-20-7-4-3-5-8-20)17-6-9-19-10-12-21(13-11-19)22-14-15-23(22)24;1-2-3/h3-5,7-8,10-13,22-23H,2,6,9,14-18H2,1H3;1H3. The fourth-order valence-corrected chi connectivity index (χ4v) is 3.70. The van der Waals surface area contributed by atoms with Gasteiger partial charge in [-0.25, -0.2) is 4.39 Å². The summed E-state index contributed by atoms with van der Waals surface area (Å²) in [4.78, 5) is 2.55. The van der Waals surface area contributed by atoms with Crippen molar-refractivity contribution in [3.63, 3.8) is 0 Å². The predicted molar refractivity (Wildman–Crippen MR) is 115 cm³/mol. The van der Waals surface area contributed by atoms with Crippen LogP contribution in [0.5, 0.6) is 0 Å². The minimum atomic E-state index is -0.619. The summed E-state index contributed by atoms with van der Waals surface area (Å²) in [5, 5.41) is 7.32. The summed E-state index contributed by atoms with van der Waals surface area (Å²) in [6.45, 7) is 6.98. The van der Waals surface area contributed by atoms with Crippen molar-refractivity contribution in [2.75, 3.05) is 13.1 Å². The number of alkyl halides is 1. The second-order valence-corrected chi connectivity index (χ2v) is 7.53. The van der Waals surface area contributed by atoms with E-state index in [4.69, 9.17) is 5.26 Å². The van der Waals surface area contributed by atoms with Crippen LogP contribution in [0.15, 0.2) is 54.6 Å². The van der Waals surface area contributed by atoms with Gasteiger partial charge in [0.15, 0.2) is 0 Å². The van der Waals surface area contributed by atoms with E-state index in [0.29, 0.717) is 0 Å². The third kappa shape index (κ3) is 7.09. The highest BCUT2D eigenvalue weighted by Gasteiger charge is 2.31. The topological polar surface area (TPSA) is 27.0 Å². The van der Waals surface area contributed by atoms with E-state index in [1.807, 2.05) is 0 Å². The Bertz CT molecular complexity index is 706. The zero-order valence-electron chi connectivity index (χ0n) is 17.3. The van der Waals surface area contributed by atoms with Gasteiger partial charge in [-0.2, -0.15) is 5.26 Å². The molecule has 1 saturated carbocycles. The molecule has 0 amide bonds. The molecule has 0 heterocycles. The highest BCUT2D eigenvalue weighted by molar-refractivity contribution is 5.28. The molecule has 1 fully saturated rings. The van der Waals surface area contributed by atoms with Crippen LogP contribution in [0.2, 0.25) is 0 Å². The number of benzene rings is 2. The average molecular weight is 381 g/mol. The zero-order valence-corrected chi connectivity index (χ0v) is 17.3. The van der Waals surface area contributed by atoms with Crippen molar-refractivity contribution < 1.29 is 4.39 Å². The van der Waals surface area contributed by atoms with Crippen LogP contribution in [-0.4, -0.2) is 24.2 Å². The Hall–Kier alpha value is -2.18. The number of halogens is 1. The summed E-state index contributed by atoms with van der Waals surface area (Å²) in [7, 11) is 0. The SMILES string of the molecule is CC#N.CCCN(CCCc1ccc(C2CCC2F)cc1)Cc1ccccc1. The van der Waals surface area contributed by atoms with Gasteiger partial charge in [-0.15, -0.1) is 0 Å². The van der Waals surface area contributed by atoms with Crippen LogP contribution < -0.4 is 0 Å². The summed E-state index contributed by atoms with van der Waals surface area (Å²) in [6.07, 6.45) is 4.58. The van der Waals surface area contributed by atoms with Gasteiger partial charge in [0, 0.05) is 19.4 Å². The number of nitrogens with zero attached hydrogens (tertiary/aromatic N) is 2. The molecule has 0 N–H and O–H groups in total. The van der Waals surface area contributed by atoms with E-state index in [1.165, 1.54) is 36.5 Å². The van der Waals surface area contributed by atoms with Crippen LogP contribution in [0.3, 0.4) is 0 Å². The fraction of sp³-hybridized carbons (Fsp3) is 0.480. The molecule has 0 bridgehead atoms. The third-order valence-corrected chi connectivity index (χ3v) is 5.33. The summed E-state index contributed by atoms with van der Waals surface area (Å²) in [5.41, 5.74) is 3.94. The monoisotopic (exact) mass is 380 g/mol. The maximum atomic E-state index is 13.5. The van der Waals surface area contributed by atoms with Crippen LogP contribution in [-0.2, 0) is 13.0 Å². The van der Waals surface area contributed by atoms with Gasteiger partial charge >= 0.3 is 0 Å². The summed E-state index contributed by atoms with van der Waals surface area (Å²) < 4.78 is 13.5. The lowest BCUT2D eigenvalue weighted by molar-refractivity contribution is 0.170. The fourth-order valence-electron chi connectivity index (χ4n) is 3.70. The van der Waals surface area contributed by atoms with E-state index in [-0.39, 0.29) is 5.92 Å². The Kier molecular flexibility index (Phi) is 9.72. The van der Waals surface area contributed by atoms with Gasteiger partial charge in [0.05, 0.1) is 6.07 Å². The molecule has 2 aromatic rings. The molecule has 0 aromatic heterocycles. The van der Waals surface area contributed by atoms with E-state index in [2.05, 4.69) is 66.4 Å². The quantitative estimate of drug-likeness (QED) is 0.512. The lowest BCUT2D eigenvalue weighted by Crippen LogP contribution is -2.25. The zero-order chi connectivity index (χ0) is 20.2. The first-order valence-corrected chi connectivity index (χ1v) is 10.5. The molecule has 3 heteroatoms. The smallest absolute Gasteiger partial charge is 0.107 e. The van der Waals surface area contributed by atoms with Crippen LogP contribution in [0.1, 0.15) is 62.1 Å². The first kappa shape index (κ1) is 22.1. The molecule has 0 saturated heterocycles. The van der Waals surface area contributed by atoms with Crippen molar-refractivity contribution in [3.05, 3.63) is 71.3 Å². The van der Waals surface area contributed by atoms with Crippen molar-refractivity contribution in [1.29, 1.82) is 5.26 Å². The predicted octanol–water partition coefficient (Wildman–Crippen LogP) is 6.28. The molecule has 2 aromatic carbocycles. The number of hydrogen-bond donors (Lipinski definition) is 0. The Morgan fingerprint density at radius 1 is 1.00 bits per heavy atom. The van der Waals surface area contributed by atoms with Crippen LogP contribution >= 0.6 is 0 Å². The van der Waals surface area contributed by atoms with E-state index in [9.17, 15) is 4.39 Å². The molecule has 2 nitrogen and oxygen atoms in total. The van der Waals surface area contributed by atoms with Crippen LogP contribution in [0.25, 0.3) is 0 Å². The van der Waals surface area contributed by atoms with Crippen LogP contribution in [0, 0.1) is 11.3 Å². The lowest BCUT2D eigenvalue weighted by Gasteiger charge is -2.30. The van der Waals surface area contributed by atoms with Gasteiger partial charge in [0.1, 0.15) is 6.17 Å². The van der Waals surface area contributed by atoms with E-state index >= 15 is 0 Å². The Balaban J connectivity index is 0.000000878. The summed E-state index contributed by atoms with van der Waals surface area (Å²) in [5.74, 6) is 0.153. The number of nitriles is 1. The van der Waals surface area contributed by atoms with Gasteiger partial charge in [0.2, 0.25) is 0 Å². The Labute approximate surface area is 170 Å². The van der Waals surface area contributed by atoms with Crippen molar-refractivity contribution in [2.24, 2.45) is 0 Å². The molecule has 28 heavy (non-hydrogen) atoms. The summed E-state index contributed by atoms with van der Waals surface area (Å²) in [6, 6.07) is 21.1. The van der Waals surface area contributed by atoms with Crippen LogP contribution in [0.4, 0.5) is 4.39 Å². The molecule has 0 radical (unpaired) electrons. The van der Waals surface area contributed by atoms with E-state index < -0.39 is 6.17 Å². The maximum absolute atomic E-state index is 13.5. The molecular formula is C25H33FN2. The number of rotatable bonds is 9. The minimum absolute atomic E-state index is 0.153. The third-order valence-electron chi connectivity index (χ3n) is 5.33. The number of aryl methyl sites for hydroxylation is 1. The molecule has 3 rings (SSSR count). The number of hydrogen-bond acceptors (Lipinski definition) is 2. The van der Waals surface area contributed by atoms with Crippen molar-refractivity contribution in [1.82, 2.24) is 4.90 Å². The molecule has 0 spiro atoms. The highest BCUT2D eigenvalue weighted by atomic mass is 19.1. The Morgan fingerprint density at radius 2 is 1.68 bits per heavy atom. The molecule has 2 atom stereocenters. The maximum Gasteiger partial charge on any atom is 0.107 e. The van der Waals surface area contributed by atoms with E-state index in [1.54, 1.807) is 6.07 Å². The second kappa shape index (κ2) is 12.3. The van der Waals surface area contributed by atoms with Gasteiger partial charge in [-0.05, 0) is 61.9 Å². The van der Waals surface area contributed by atoms with Crippen molar-refractivity contribution in [2.45, 2.75) is 64.6 Å². The highest BCUT2D eigenvalue weighted by Crippen LogP contribution is 2.39. The first-order valence-electron chi connectivity index (χ1n) is 10.5. The van der Waals surface area contributed by atoms with Gasteiger partial charge in [-0.1, -0.05) is 61.5 Å². The largest absolute Gasteiger partial charge is 0.299 e. The minimum Gasteiger partial charge on any atom is -0.299 e.